The molecule has 0 radical (unpaired) electrons. The molecule has 0 N–H and O–H groups in total. The highest BCUT2D eigenvalue weighted by Gasteiger charge is 2.28. The van der Waals surface area contributed by atoms with Crippen LogP contribution in [0.5, 0.6) is 5.75 Å². The molecule has 1 aliphatic rings. The average Bonchev–Trinajstić information content (AvgIpc) is 2.60. The zero-order chi connectivity index (χ0) is 15.5. The van der Waals surface area contributed by atoms with Gasteiger partial charge in [0.05, 0.1) is 7.11 Å². The number of amides is 1. The summed E-state index contributed by atoms with van der Waals surface area (Å²) >= 11 is 5.74. The first-order chi connectivity index (χ1) is 10.7. The van der Waals surface area contributed by atoms with Crippen LogP contribution in [0.1, 0.15) is 22.6 Å². The van der Waals surface area contributed by atoms with Crippen molar-refractivity contribution in [2.75, 3.05) is 19.5 Å². The van der Waals surface area contributed by atoms with Gasteiger partial charge in [0.2, 0.25) is 5.91 Å². The number of rotatable bonds is 3. The van der Waals surface area contributed by atoms with E-state index in [0.29, 0.717) is 13.1 Å². The van der Waals surface area contributed by atoms with Crippen LogP contribution in [-0.4, -0.2) is 30.3 Å². The van der Waals surface area contributed by atoms with Crippen molar-refractivity contribution < 1.29 is 9.53 Å². The lowest BCUT2D eigenvalue weighted by molar-refractivity contribution is -0.129. The van der Waals surface area contributed by atoms with Gasteiger partial charge in [-0.15, -0.1) is 11.6 Å². The first-order valence-electron chi connectivity index (χ1n) is 7.28. The van der Waals surface area contributed by atoms with Crippen molar-refractivity contribution in [1.82, 2.24) is 4.90 Å². The summed E-state index contributed by atoms with van der Waals surface area (Å²) in [5.41, 5.74) is 3.60. The quantitative estimate of drug-likeness (QED) is 0.812. The third-order valence-electron chi connectivity index (χ3n) is 4.16. The molecule has 0 saturated heterocycles. The van der Waals surface area contributed by atoms with E-state index in [0.717, 1.165) is 11.3 Å². The van der Waals surface area contributed by atoms with Crippen LogP contribution in [-0.2, 0) is 11.3 Å². The second-order valence-corrected chi connectivity index (χ2v) is 5.70. The standard InChI is InChI=1S/C18H18ClNO2/c1-22-15-7-4-6-13(9-15)17-12-20(18(21)10-19)11-14-5-2-3-8-16(14)17/h2-9,17H,10-12H2,1H3/t17-/m0/s1. The maximum Gasteiger partial charge on any atom is 0.237 e. The van der Waals surface area contributed by atoms with Crippen LogP contribution >= 0.6 is 11.6 Å². The number of hydrogen-bond acceptors (Lipinski definition) is 2. The number of carbonyl (C=O) groups is 1. The number of hydrogen-bond donors (Lipinski definition) is 0. The van der Waals surface area contributed by atoms with Crippen LogP contribution in [0.15, 0.2) is 48.5 Å². The summed E-state index contributed by atoms with van der Waals surface area (Å²) in [7, 11) is 1.66. The van der Waals surface area contributed by atoms with E-state index in [2.05, 4.69) is 18.2 Å². The highest BCUT2D eigenvalue weighted by molar-refractivity contribution is 6.27. The molecule has 114 valence electrons. The number of alkyl halides is 1. The van der Waals surface area contributed by atoms with Gasteiger partial charge in [-0.3, -0.25) is 4.79 Å². The molecule has 2 aromatic carbocycles. The summed E-state index contributed by atoms with van der Waals surface area (Å²) < 4.78 is 5.33. The topological polar surface area (TPSA) is 29.5 Å². The van der Waals surface area contributed by atoms with Crippen LogP contribution in [0, 0.1) is 0 Å². The number of ether oxygens (including phenoxy) is 1. The van der Waals surface area contributed by atoms with Gasteiger partial charge in [0.1, 0.15) is 11.6 Å². The molecule has 3 rings (SSSR count). The predicted molar refractivity (Wildman–Crippen MR) is 87.4 cm³/mol. The first kappa shape index (κ1) is 14.9. The minimum atomic E-state index is -0.0240. The van der Waals surface area contributed by atoms with Gasteiger partial charge in [-0.2, -0.15) is 0 Å². The Morgan fingerprint density at radius 3 is 2.86 bits per heavy atom. The van der Waals surface area contributed by atoms with Crippen molar-refractivity contribution in [3.8, 4) is 5.75 Å². The lowest BCUT2D eigenvalue weighted by atomic mass is 9.84. The Hall–Kier alpha value is -2.00. The molecule has 2 aromatic rings. The highest BCUT2D eigenvalue weighted by atomic mass is 35.5. The predicted octanol–water partition coefficient (Wildman–Crippen LogP) is 3.41. The molecule has 0 aromatic heterocycles. The Morgan fingerprint density at radius 2 is 2.09 bits per heavy atom. The largest absolute Gasteiger partial charge is 0.497 e. The second kappa shape index (κ2) is 6.41. The molecule has 0 spiro atoms. The number of halogens is 1. The fourth-order valence-electron chi connectivity index (χ4n) is 3.02. The van der Waals surface area contributed by atoms with Crippen LogP contribution in [0.2, 0.25) is 0 Å². The van der Waals surface area contributed by atoms with Crippen molar-refractivity contribution in [3.63, 3.8) is 0 Å². The van der Waals surface area contributed by atoms with Gasteiger partial charge in [0.15, 0.2) is 0 Å². The average molecular weight is 316 g/mol. The first-order valence-corrected chi connectivity index (χ1v) is 7.82. The van der Waals surface area contributed by atoms with Crippen molar-refractivity contribution >= 4 is 17.5 Å². The van der Waals surface area contributed by atoms with Gasteiger partial charge >= 0.3 is 0 Å². The summed E-state index contributed by atoms with van der Waals surface area (Å²) in [6.07, 6.45) is 0. The Morgan fingerprint density at radius 1 is 1.27 bits per heavy atom. The maximum absolute atomic E-state index is 12.0. The van der Waals surface area contributed by atoms with Crippen molar-refractivity contribution in [2.24, 2.45) is 0 Å². The number of carbonyl (C=O) groups excluding carboxylic acids is 1. The third kappa shape index (κ3) is 2.81. The molecule has 3 nitrogen and oxygen atoms in total. The second-order valence-electron chi connectivity index (χ2n) is 5.44. The third-order valence-corrected chi connectivity index (χ3v) is 4.39. The fraction of sp³-hybridized carbons (Fsp3) is 0.278. The number of benzene rings is 2. The molecule has 1 amide bonds. The number of fused-ring (bicyclic) bond motifs is 1. The smallest absolute Gasteiger partial charge is 0.237 e. The monoisotopic (exact) mass is 315 g/mol. The van der Waals surface area contributed by atoms with Crippen molar-refractivity contribution in [2.45, 2.75) is 12.5 Å². The summed E-state index contributed by atoms with van der Waals surface area (Å²) in [4.78, 5) is 13.9. The van der Waals surface area contributed by atoms with E-state index in [4.69, 9.17) is 16.3 Å². The van der Waals surface area contributed by atoms with Crippen molar-refractivity contribution in [3.05, 3.63) is 65.2 Å². The van der Waals surface area contributed by atoms with Crippen LogP contribution in [0.4, 0.5) is 0 Å². The molecule has 1 atom stereocenters. The molecule has 1 heterocycles. The van der Waals surface area contributed by atoms with E-state index in [-0.39, 0.29) is 17.7 Å². The van der Waals surface area contributed by atoms with Crippen LogP contribution < -0.4 is 4.74 Å². The summed E-state index contributed by atoms with van der Waals surface area (Å²) in [6.45, 7) is 1.28. The van der Waals surface area contributed by atoms with Gasteiger partial charge in [-0.1, -0.05) is 36.4 Å². The zero-order valence-electron chi connectivity index (χ0n) is 12.5. The summed E-state index contributed by atoms with van der Waals surface area (Å²) in [5.74, 6) is 0.972. The molecular weight excluding hydrogens is 298 g/mol. The SMILES string of the molecule is COc1cccc([C@@H]2CN(C(=O)CCl)Cc3ccccc32)c1. The Labute approximate surface area is 135 Å². The number of nitrogens with zero attached hydrogens (tertiary/aromatic N) is 1. The van der Waals surface area contributed by atoms with E-state index in [9.17, 15) is 4.79 Å². The summed E-state index contributed by atoms with van der Waals surface area (Å²) in [6, 6.07) is 16.3. The van der Waals surface area contributed by atoms with E-state index >= 15 is 0 Å². The Bertz CT molecular complexity index is 686. The molecule has 0 saturated carbocycles. The van der Waals surface area contributed by atoms with Crippen LogP contribution in [0.3, 0.4) is 0 Å². The van der Waals surface area contributed by atoms with E-state index in [1.165, 1.54) is 11.1 Å². The maximum atomic E-state index is 12.0. The van der Waals surface area contributed by atoms with Gasteiger partial charge < -0.3 is 9.64 Å². The van der Waals surface area contributed by atoms with Gasteiger partial charge in [-0.05, 0) is 28.8 Å². The van der Waals surface area contributed by atoms with Gasteiger partial charge in [0, 0.05) is 19.0 Å². The minimum Gasteiger partial charge on any atom is -0.497 e. The van der Waals surface area contributed by atoms with Crippen LogP contribution in [0.25, 0.3) is 0 Å². The van der Waals surface area contributed by atoms with E-state index in [1.54, 1.807) is 7.11 Å². The normalized spacial score (nSPS) is 17.0. The minimum absolute atomic E-state index is 0.0208. The molecule has 0 unspecified atom stereocenters. The Kier molecular flexibility index (Phi) is 4.34. The number of methoxy groups -OCH3 is 1. The van der Waals surface area contributed by atoms with Crippen molar-refractivity contribution in [1.29, 1.82) is 0 Å². The molecule has 1 aliphatic heterocycles. The Balaban J connectivity index is 2.02. The molecule has 0 fully saturated rings. The lowest BCUT2D eigenvalue weighted by Crippen LogP contribution is -2.39. The highest BCUT2D eigenvalue weighted by Crippen LogP contribution is 2.34. The van der Waals surface area contributed by atoms with Gasteiger partial charge in [0.25, 0.3) is 0 Å². The lowest BCUT2D eigenvalue weighted by Gasteiger charge is -2.35. The zero-order valence-corrected chi connectivity index (χ0v) is 13.2. The molecule has 22 heavy (non-hydrogen) atoms. The van der Waals surface area contributed by atoms with Gasteiger partial charge in [-0.25, -0.2) is 0 Å². The fourth-order valence-corrected chi connectivity index (χ4v) is 3.19. The molecule has 4 heteroatoms. The van der Waals surface area contributed by atoms with E-state index < -0.39 is 0 Å². The molecule has 0 aliphatic carbocycles. The summed E-state index contributed by atoms with van der Waals surface area (Å²) in [5, 5.41) is 0. The molecule has 0 bridgehead atoms. The molecular formula is C18H18ClNO2. The van der Waals surface area contributed by atoms with E-state index in [1.807, 2.05) is 35.2 Å².